The Kier molecular flexibility index (Phi) is 3.88. The van der Waals surface area contributed by atoms with Crippen molar-refractivity contribution < 1.29 is 14.5 Å². The predicted octanol–water partition coefficient (Wildman–Crippen LogP) is 2.49. The molecule has 0 fully saturated rings. The summed E-state index contributed by atoms with van der Waals surface area (Å²) in [5, 5.41) is 20.9. The summed E-state index contributed by atoms with van der Waals surface area (Å²) >= 11 is 0. The van der Waals surface area contributed by atoms with Crippen LogP contribution in [0.25, 0.3) is 10.9 Å². The number of rotatable bonds is 5. The summed E-state index contributed by atoms with van der Waals surface area (Å²) in [5.41, 5.74) is 1.31. The van der Waals surface area contributed by atoms with Gasteiger partial charge in [0.15, 0.2) is 6.61 Å². The van der Waals surface area contributed by atoms with Gasteiger partial charge in [-0.3, -0.25) is 20.0 Å². The van der Waals surface area contributed by atoms with Gasteiger partial charge in [-0.05, 0) is 18.2 Å². The monoisotopic (exact) mass is 312 g/mol. The zero-order valence-corrected chi connectivity index (χ0v) is 11.9. The smallest absolute Gasteiger partial charge is 0.269 e. The molecule has 23 heavy (non-hydrogen) atoms. The molecule has 0 aliphatic carbocycles. The van der Waals surface area contributed by atoms with Crippen LogP contribution in [0.2, 0.25) is 0 Å². The third kappa shape index (κ3) is 3.26. The molecule has 1 heterocycles. The van der Waals surface area contributed by atoms with Crippen LogP contribution in [0.3, 0.4) is 0 Å². The van der Waals surface area contributed by atoms with Crippen molar-refractivity contribution >= 4 is 28.2 Å². The summed E-state index contributed by atoms with van der Waals surface area (Å²) in [6.45, 7) is -0.206. The molecule has 0 atom stereocenters. The van der Waals surface area contributed by atoms with Gasteiger partial charge in [-0.15, -0.1) is 0 Å². The number of carbonyl (C=O) groups is 1. The maximum Gasteiger partial charge on any atom is 0.269 e. The number of nitro benzene ring substituents is 1. The van der Waals surface area contributed by atoms with Crippen LogP contribution in [0.15, 0.2) is 48.7 Å². The number of carbonyl (C=O) groups excluding carboxylic acids is 1. The van der Waals surface area contributed by atoms with E-state index in [9.17, 15) is 14.9 Å². The van der Waals surface area contributed by atoms with Gasteiger partial charge in [0, 0.05) is 17.5 Å². The molecular weight excluding hydrogens is 300 g/mol. The van der Waals surface area contributed by atoms with E-state index in [0.717, 1.165) is 10.9 Å². The van der Waals surface area contributed by atoms with E-state index >= 15 is 0 Å². The summed E-state index contributed by atoms with van der Waals surface area (Å²) in [7, 11) is 0. The Labute approximate surface area is 130 Å². The lowest BCUT2D eigenvalue weighted by molar-refractivity contribution is -0.384. The summed E-state index contributed by atoms with van der Waals surface area (Å²) in [4.78, 5) is 22.0. The molecule has 116 valence electrons. The minimum Gasteiger partial charge on any atom is -0.484 e. The molecule has 2 aromatic carbocycles. The van der Waals surface area contributed by atoms with Crippen molar-refractivity contribution in [3.8, 4) is 5.75 Å². The Morgan fingerprint density at radius 3 is 2.78 bits per heavy atom. The highest BCUT2D eigenvalue weighted by atomic mass is 16.6. The van der Waals surface area contributed by atoms with Crippen molar-refractivity contribution in [1.29, 1.82) is 0 Å². The number of fused-ring (bicyclic) bond motifs is 1. The second kappa shape index (κ2) is 6.14. The lowest BCUT2D eigenvalue weighted by Gasteiger charge is -2.08. The highest BCUT2D eigenvalue weighted by molar-refractivity contribution is 6.00. The molecule has 8 nitrogen and oxygen atoms in total. The van der Waals surface area contributed by atoms with Crippen LogP contribution in [0.1, 0.15) is 0 Å². The van der Waals surface area contributed by atoms with Gasteiger partial charge in [0.1, 0.15) is 5.75 Å². The van der Waals surface area contributed by atoms with Gasteiger partial charge < -0.3 is 10.1 Å². The van der Waals surface area contributed by atoms with E-state index in [0.29, 0.717) is 11.4 Å². The quantitative estimate of drug-likeness (QED) is 0.555. The average molecular weight is 312 g/mol. The minimum atomic E-state index is -0.498. The first kappa shape index (κ1) is 14.5. The highest BCUT2D eigenvalue weighted by Gasteiger charge is 2.09. The van der Waals surface area contributed by atoms with Crippen LogP contribution < -0.4 is 10.1 Å². The molecule has 0 radical (unpaired) electrons. The molecule has 8 heteroatoms. The second-order valence-electron chi connectivity index (χ2n) is 4.73. The van der Waals surface area contributed by atoms with Gasteiger partial charge in [0.05, 0.1) is 22.3 Å². The Bertz CT molecular complexity index is 857. The number of ether oxygens (including phenoxy) is 1. The van der Waals surface area contributed by atoms with Crippen LogP contribution in [-0.4, -0.2) is 27.6 Å². The fourth-order valence-corrected chi connectivity index (χ4v) is 2.07. The predicted molar refractivity (Wildman–Crippen MR) is 83.3 cm³/mol. The lowest BCUT2D eigenvalue weighted by Crippen LogP contribution is -2.20. The van der Waals surface area contributed by atoms with E-state index in [1.165, 1.54) is 24.3 Å². The van der Waals surface area contributed by atoms with E-state index in [1.807, 2.05) is 12.1 Å². The number of aromatic nitrogens is 2. The molecule has 2 N–H and O–H groups in total. The van der Waals surface area contributed by atoms with Gasteiger partial charge >= 0.3 is 0 Å². The van der Waals surface area contributed by atoms with E-state index in [4.69, 9.17) is 4.74 Å². The summed E-state index contributed by atoms with van der Waals surface area (Å²) < 4.78 is 5.31. The Hall–Kier alpha value is -3.42. The summed E-state index contributed by atoms with van der Waals surface area (Å²) in [6.07, 6.45) is 1.67. The van der Waals surface area contributed by atoms with E-state index in [2.05, 4.69) is 15.5 Å². The molecule has 0 aliphatic heterocycles. The molecule has 0 spiro atoms. The molecule has 0 unspecified atom stereocenters. The Morgan fingerprint density at radius 1 is 1.26 bits per heavy atom. The number of H-pyrrole nitrogens is 1. The SMILES string of the molecule is O=C(COc1ccc([N+](=O)[O-])cc1)Nc1cccc2cn[nH]c12. The second-order valence-corrected chi connectivity index (χ2v) is 4.73. The molecule has 1 amide bonds. The van der Waals surface area contributed by atoms with Gasteiger partial charge in [-0.2, -0.15) is 5.10 Å². The fourth-order valence-electron chi connectivity index (χ4n) is 2.07. The molecule has 0 saturated heterocycles. The lowest BCUT2D eigenvalue weighted by atomic mass is 10.2. The number of nitro groups is 1. The normalized spacial score (nSPS) is 10.4. The first-order chi connectivity index (χ1) is 11.1. The molecule has 0 bridgehead atoms. The van der Waals surface area contributed by atoms with Crippen molar-refractivity contribution in [1.82, 2.24) is 10.2 Å². The van der Waals surface area contributed by atoms with Crippen LogP contribution >= 0.6 is 0 Å². The number of hydrogen-bond acceptors (Lipinski definition) is 5. The van der Waals surface area contributed by atoms with Crippen molar-refractivity contribution in [2.24, 2.45) is 0 Å². The molecule has 3 rings (SSSR count). The first-order valence-corrected chi connectivity index (χ1v) is 6.73. The van der Waals surface area contributed by atoms with Crippen molar-refractivity contribution in [3.05, 3.63) is 58.8 Å². The highest BCUT2D eigenvalue weighted by Crippen LogP contribution is 2.20. The third-order valence-corrected chi connectivity index (χ3v) is 3.17. The first-order valence-electron chi connectivity index (χ1n) is 6.73. The molecular formula is C15H12N4O4. The average Bonchev–Trinajstić information content (AvgIpc) is 3.03. The topological polar surface area (TPSA) is 110 Å². The number of nitrogens with one attached hydrogen (secondary N) is 2. The maximum atomic E-state index is 11.9. The number of nitrogens with zero attached hydrogens (tertiary/aromatic N) is 2. The summed E-state index contributed by atoms with van der Waals surface area (Å²) in [6, 6.07) is 11.0. The standard InChI is InChI=1S/C15H12N4O4/c20-14(9-23-12-6-4-11(5-7-12)19(21)22)17-13-3-1-2-10-8-16-18-15(10)13/h1-8H,9H2,(H,16,18)(H,17,20). The van der Waals surface area contributed by atoms with Crippen molar-refractivity contribution in [2.45, 2.75) is 0 Å². The number of anilines is 1. The maximum absolute atomic E-state index is 11.9. The van der Waals surface area contributed by atoms with Gasteiger partial charge in [-0.25, -0.2) is 0 Å². The zero-order valence-electron chi connectivity index (χ0n) is 11.9. The number of benzene rings is 2. The van der Waals surface area contributed by atoms with Gasteiger partial charge in [0.2, 0.25) is 0 Å². The molecule has 3 aromatic rings. The fraction of sp³-hybridized carbons (Fsp3) is 0.0667. The molecule has 1 aromatic heterocycles. The van der Waals surface area contributed by atoms with Crippen molar-refractivity contribution in [2.75, 3.05) is 11.9 Å². The van der Waals surface area contributed by atoms with Crippen LogP contribution in [0.5, 0.6) is 5.75 Å². The van der Waals surface area contributed by atoms with Crippen molar-refractivity contribution in [3.63, 3.8) is 0 Å². The van der Waals surface area contributed by atoms with Crippen LogP contribution in [0, 0.1) is 10.1 Å². The molecule has 0 aliphatic rings. The third-order valence-electron chi connectivity index (χ3n) is 3.17. The number of non-ortho nitro benzene ring substituents is 1. The Morgan fingerprint density at radius 2 is 2.04 bits per heavy atom. The van der Waals surface area contributed by atoms with Crippen LogP contribution in [0.4, 0.5) is 11.4 Å². The number of hydrogen-bond donors (Lipinski definition) is 2. The van der Waals surface area contributed by atoms with Gasteiger partial charge in [0.25, 0.3) is 11.6 Å². The van der Waals surface area contributed by atoms with Gasteiger partial charge in [-0.1, -0.05) is 12.1 Å². The number of aromatic amines is 1. The molecule has 0 saturated carbocycles. The summed E-state index contributed by atoms with van der Waals surface area (Å²) in [5.74, 6) is 0.0379. The van der Waals surface area contributed by atoms with E-state index < -0.39 is 4.92 Å². The van der Waals surface area contributed by atoms with E-state index in [1.54, 1.807) is 12.3 Å². The number of para-hydroxylation sites is 1. The van der Waals surface area contributed by atoms with Crippen LogP contribution in [-0.2, 0) is 4.79 Å². The zero-order chi connectivity index (χ0) is 16.2. The van der Waals surface area contributed by atoms with E-state index in [-0.39, 0.29) is 18.2 Å². The Balaban J connectivity index is 1.61. The minimum absolute atomic E-state index is 0.0345. The number of amides is 1. The largest absolute Gasteiger partial charge is 0.484 e.